The van der Waals surface area contributed by atoms with Gasteiger partial charge in [-0.1, -0.05) is 24.3 Å². The maximum atomic E-state index is 12.8. The van der Waals surface area contributed by atoms with Gasteiger partial charge in [0, 0.05) is 25.0 Å². The first-order valence-corrected chi connectivity index (χ1v) is 9.83. The predicted molar refractivity (Wildman–Crippen MR) is 109 cm³/mol. The number of anilines is 1. The maximum Gasteiger partial charge on any atom is 0.321 e. The molecule has 1 saturated heterocycles. The first-order chi connectivity index (χ1) is 14.1. The van der Waals surface area contributed by atoms with Crippen LogP contribution in [-0.2, 0) is 4.79 Å². The number of carbonyl (C=O) groups is 2. The monoisotopic (exact) mass is 392 g/mol. The van der Waals surface area contributed by atoms with Crippen LogP contribution >= 0.6 is 0 Å². The molecule has 3 heterocycles. The average molecular weight is 392 g/mol. The summed E-state index contributed by atoms with van der Waals surface area (Å²) in [7, 11) is 0. The van der Waals surface area contributed by atoms with Crippen molar-refractivity contribution in [2.24, 2.45) is 5.92 Å². The molecule has 2 atom stereocenters. The van der Waals surface area contributed by atoms with E-state index in [2.05, 4.69) is 20.8 Å². The van der Waals surface area contributed by atoms with Crippen molar-refractivity contribution >= 4 is 23.3 Å². The molecule has 3 amide bonds. The molecule has 2 unspecified atom stereocenters. The molecular formula is C21H24N6O2. The van der Waals surface area contributed by atoms with Crippen LogP contribution in [0.5, 0.6) is 0 Å². The van der Waals surface area contributed by atoms with E-state index in [9.17, 15) is 9.59 Å². The van der Waals surface area contributed by atoms with Crippen molar-refractivity contribution in [3.8, 4) is 0 Å². The number of rotatable bonds is 4. The fourth-order valence-electron chi connectivity index (χ4n) is 3.65. The fraction of sp³-hybridized carbons (Fsp3) is 0.333. The lowest BCUT2D eigenvalue weighted by Gasteiger charge is -2.32. The normalized spacial score (nSPS) is 17.7. The Morgan fingerprint density at radius 1 is 1.10 bits per heavy atom. The zero-order valence-electron chi connectivity index (χ0n) is 16.3. The molecule has 3 aromatic rings. The summed E-state index contributed by atoms with van der Waals surface area (Å²) >= 11 is 0. The molecule has 0 spiro atoms. The number of urea groups is 1. The first-order valence-electron chi connectivity index (χ1n) is 9.83. The predicted octanol–water partition coefficient (Wildman–Crippen LogP) is 2.85. The number of pyridine rings is 1. The highest BCUT2D eigenvalue weighted by Crippen LogP contribution is 2.20. The van der Waals surface area contributed by atoms with Crippen molar-refractivity contribution < 1.29 is 9.59 Å². The van der Waals surface area contributed by atoms with Crippen LogP contribution in [0.15, 0.2) is 54.7 Å². The quantitative estimate of drug-likeness (QED) is 0.714. The number of aromatic nitrogens is 3. The molecule has 0 aliphatic carbocycles. The third kappa shape index (κ3) is 4.21. The molecule has 8 nitrogen and oxygen atoms in total. The summed E-state index contributed by atoms with van der Waals surface area (Å²) in [5.41, 5.74) is 1.49. The highest BCUT2D eigenvalue weighted by atomic mass is 16.2. The van der Waals surface area contributed by atoms with Crippen molar-refractivity contribution in [3.05, 3.63) is 60.6 Å². The van der Waals surface area contributed by atoms with E-state index in [0.29, 0.717) is 18.9 Å². The molecule has 2 N–H and O–H groups in total. The standard InChI is InChI=1S/C21H24N6O2/c1-15(19-25-24-18-11-5-6-13-27(18)19)22-20(28)16-8-7-12-26(14-16)21(29)23-17-9-3-2-4-10-17/h2-6,9-11,13,15-16H,7-8,12,14H2,1H3,(H,22,28)(H,23,29). The molecule has 1 aliphatic rings. The average Bonchev–Trinajstić information content (AvgIpc) is 3.19. The third-order valence-electron chi connectivity index (χ3n) is 5.19. The number of carbonyl (C=O) groups excluding carboxylic acids is 2. The molecule has 8 heteroatoms. The van der Waals surface area contributed by atoms with Crippen molar-refractivity contribution in [1.29, 1.82) is 0 Å². The SMILES string of the molecule is CC(NC(=O)C1CCCN(C(=O)Nc2ccccc2)C1)c1nnc2ccccn12. The molecular weight excluding hydrogens is 368 g/mol. The second kappa shape index (κ2) is 8.30. The summed E-state index contributed by atoms with van der Waals surface area (Å²) in [6, 6.07) is 14.5. The lowest BCUT2D eigenvalue weighted by Crippen LogP contribution is -2.47. The topological polar surface area (TPSA) is 91.6 Å². The van der Waals surface area contributed by atoms with Crippen LogP contribution in [0.4, 0.5) is 10.5 Å². The smallest absolute Gasteiger partial charge is 0.321 e. The van der Waals surface area contributed by atoms with Crippen molar-refractivity contribution in [2.75, 3.05) is 18.4 Å². The van der Waals surface area contributed by atoms with Crippen molar-refractivity contribution in [3.63, 3.8) is 0 Å². The molecule has 29 heavy (non-hydrogen) atoms. The number of hydrogen-bond donors (Lipinski definition) is 2. The van der Waals surface area contributed by atoms with Gasteiger partial charge in [-0.25, -0.2) is 4.79 Å². The molecule has 0 radical (unpaired) electrons. The number of para-hydroxylation sites is 1. The fourth-order valence-corrected chi connectivity index (χ4v) is 3.65. The Morgan fingerprint density at radius 2 is 1.90 bits per heavy atom. The van der Waals surface area contributed by atoms with Crippen molar-refractivity contribution in [2.45, 2.75) is 25.8 Å². The first kappa shape index (κ1) is 18.9. The summed E-state index contributed by atoms with van der Waals surface area (Å²) in [5, 5.41) is 14.3. The largest absolute Gasteiger partial charge is 0.346 e. The molecule has 2 aromatic heterocycles. The molecule has 1 fully saturated rings. The van der Waals surface area contributed by atoms with E-state index in [-0.39, 0.29) is 23.9 Å². The highest BCUT2D eigenvalue weighted by molar-refractivity contribution is 5.90. The van der Waals surface area contributed by atoms with Gasteiger partial charge in [-0.2, -0.15) is 0 Å². The van der Waals surface area contributed by atoms with Gasteiger partial charge in [-0.3, -0.25) is 9.20 Å². The minimum Gasteiger partial charge on any atom is -0.346 e. The van der Waals surface area contributed by atoms with E-state index in [4.69, 9.17) is 0 Å². The number of nitrogens with zero attached hydrogens (tertiary/aromatic N) is 4. The van der Waals surface area contributed by atoms with E-state index >= 15 is 0 Å². The lowest BCUT2D eigenvalue weighted by molar-refractivity contribution is -0.127. The lowest BCUT2D eigenvalue weighted by atomic mass is 9.97. The number of piperidine rings is 1. The summed E-state index contributed by atoms with van der Waals surface area (Å²) < 4.78 is 1.87. The Hall–Kier alpha value is -3.42. The van der Waals surface area contributed by atoms with E-state index in [0.717, 1.165) is 24.2 Å². The summed E-state index contributed by atoms with van der Waals surface area (Å²) in [6.45, 7) is 2.94. The highest BCUT2D eigenvalue weighted by Gasteiger charge is 2.29. The van der Waals surface area contributed by atoms with Gasteiger partial charge in [0.2, 0.25) is 5.91 Å². The Kier molecular flexibility index (Phi) is 5.41. The van der Waals surface area contributed by atoms with Crippen LogP contribution in [0.25, 0.3) is 5.65 Å². The number of hydrogen-bond acceptors (Lipinski definition) is 4. The maximum absolute atomic E-state index is 12.8. The Bertz CT molecular complexity index is 1000. The second-order valence-electron chi connectivity index (χ2n) is 7.30. The van der Waals surface area contributed by atoms with Gasteiger partial charge in [0.25, 0.3) is 0 Å². The van der Waals surface area contributed by atoms with Crippen molar-refractivity contribution in [1.82, 2.24) is 24.8 Å². The van der Waals surface area contributed by atoms with Crippen LogP contribution in [0.3, 0.4) is 0 Å². The zero-order chi connectivity index (χ0) is 20.2. The number of fused-ring (bicyclic) bond motifs is 1. The van der Waals surface area contributed by atoms with Crippen LogP contribution < -0.4 is 10.6 Å². The van der Waals surface area contributed by atoms with Gasteiger partial charge in [0.05, 0.1) is 12.0 Å². The molecule has 4 rings (SSSR count). The van der Waals surface area contributed by atoms with Crippen LogP contribution in [0.2, 0.25) is 0 Å². The van der Waals surface area contributed by atoms with Gasteiger partial charge in [-0.15, -0.1) is 10.2 Å². The van der Waals surface area contributed by atoms with Gasteiger partial charge >= 0.3 is 6.03 Å². The number of likely N-dealkylation sites (tertiary alicyclic amines) is 1. The molecule has 0 saturated carbocycles. The van der Waals surface area contributed by atoms with Crippen LogP contribution in [0, 0.1) is 5.92 Å². The second-order valence-corrected chi connectivity index (χ2v) is 7.30. The van der Waals surface area contributed by atoms with E-state index in [1.54, 1.807) is 4.90 Å². The van der Waals surface area contributed by atoms with Gasteiger partial charge < -0.3 is 15.5 Å². The van der Waals surface area contributed by atoms with Gasteiger partial charge in [-0.05, 0) is 44.0 Å². The Morgan fingerprint density at radius 3 is 2.72 bits per heavy atom. The summed E-state index contributed by atoms with van der Waals surface area (Å²) in [5.74, 6) is 0.373. The Labute approximate surface area is 168 Å². The number of nitrogens with one attached hydrogen (secondary N) is 2. The summed E-state index contributed by atoms with van der Waals surface area (Å²) in [6.07, 6.45) is 3.43. The number of benzene rings is 1. The molecule has 1 aromatic carbocycles. The minimum atomic E-state index is -0.284. The van der Waals surface area contributed by atoms with E-state index in [1.165, 1.54) is 0 Å². The Balaban J connectivity index is 1.37. The molecule has 1 aliphatic heterocycles. The van der Waals surface area contributed by atoms with Gasteiger partial charge in [0.15, 0.2) is 11.5 Å². The summed E-state index contributed by atoms with van der Waals surface area (Å²) in [4.78, 5) is 27.1. The van der Waals surface area contributed by atoms with Gasteiger partial charge in [0.1, 0.15) is 0 Å². The van der Waals surface area contributed by atoms with Crippen LogP contribution in [0.1, 0.15) is 31.6 Å². The molecule has 0 bridgehead atoms. The number of amides is 3. The van der Waals surface area contributed by atoms with E-state index in [1.807, 2.05) is 66.1 Å². The molecule has 150 valence electrons. The third-order valence-corrected chi connectivity index (χ3v) is 5.19. The van der Waals surface area contributed by atoms with E-state index < -0.39 is 0 Å². The minimum absolute atomic E-state index is 0.0672. The zero-order valence-corrected chi connectivity index (χ0v) is 16.3. The van der Waals surface area contributed by atoms with Crippen LogP contribution in [-0.4, -0.2) is 44.5 Å².